The van der Waals surface area contributed by atoms with Gasteiger partial charge in [-0.1, -0.05) is 12.1 Å². The van der Waals surface area contributed by atoms with Crippen LogP contribution in [0, 0.1) is 0 Å². The fraction of sp³-hybridized carbons (Fsp3) is 0. The minimum Gasteiger partial charge on any atom is -0.267 e. The van der Waals surface area contributed by atoms with Gasteiger partial charge in [-0.05, 0) is 48.5 Å². The van der Waals surface area contributed by atoms with Gasteiger partial charge in [0.1, 0.15) is 0 Å². The number of nitrogens with zero attached hydrogens (tertiary/aromatic N) is 4. The van der Waals surface area contributed by atoms with Crippen LogP contribution >= 0.6 is 0 Å². The molecule has 0 spiro atoms. The monoisotopic (exact) mass is 372 g/mol. The molecular weight excluding hydrogens is 356 g/mol. The van der Waals surface area contributed by atoms with Gasteiger partial charge >= 0.3 is 0 Å². The molecule has 0 saturated heterocycles. The van der Waals surface area contributed by atoms with Crippen LogP contribution in [0.15, 0.2) is 83.3 Å². The van der Waals surface area contributed by atoms with Crippen LogP contribution in [-0.4, -0.2) is 34.2 Å². The van der Waals surface area contributed by atoms with Crippen LogP contribution in [0.25, 0.3) is 0 Å². The molecule has 0 saturated carbocycles. The summed E-state index contributed by atoms with van der Waals surface area (Å²) in [6, 6.07) is 16.9. The van der Waals surface area contributed by atoms with E-state index in [4.69, 9.17) is 0 Å². The summed E-state index contributed by atoms with van der Waals surface area (Å²) in [5.74, 6) is -0.792. The van der Waals surface area contributed by atoms with E-state index in [0.29, 0.717) is 22.5 Å². The van der Waals surface area contributed by atoms with Crippen LogP contribution in [-0.2, 0) is 0 Å². The predicted octanol–water partition coefficient (Wildman–Crippen LogP) is 2.00. The summed E-state index contributed by atoms with van der Waals surface area (Å²) in [6.45, 7) is 0. The van der Waals surface area contributed by atoms with Gasteiger partial charge < -0.3 is 0 Å². The highest BCUT2D eigenvalue weighted by atomic mass is 16.2. The predicted molar refractivity (Wildman–Crippen MR) is 105 cm³/mol. The summed E-state index contributed by atoms with van der Waals surface area (Å²) in [6.07, 6.45) is 6.15. The largest absolute Gasteiger partial charge is 0.271 e. The van der Waals surface area contributed by atoms with Gasteiger partial charge in [-0.2, -0.15) is 10.2 Å². The molecule has 8 heteroatoms. The van der Waals surface area contributed by atoms with Gasteiger partial charge in [0.25, 0.3) is 11.8 Å². The fourth-order valence-corrected chi connectivity index (χ4v) is 2.12. The molecule has 2 N–H and O–H groups in total. The van der Waals surface area contributed by atoms with Gasteiger partial charge in [-0.3, -0.25) is 19.6 Å². The molecule has 0 unspecified atom stereocenters. The average molecular weight is 372 g/mol. The van der Waals surface area contributed by atoms with Crippen molar-refractivity contribution in [2.75, 3.05) is 0 Å². The Morgan fingerprint density at radius 3 is 1.46 bits per heavy atom. The third-order valence-electron chi connectivity index (χ3n) is 3.51. The zero-order chi connectivity index (χ0) is 19.6. The van der Waals surface area contributed by atoms with Crippen molar-refractivity contribution in [3.63, 3.8) is 0 Å². The molecule has 0 aliphatic rings. The van der Waals surface area contributed by atoms with Crippen LogP contribution in [0.1, 0.15) is 32.1 Å². The molecule has 0 aliphatic heterocycles. The number of benzene rings is 1. The third-order valence-corrected chi connectivity index (χ3v) is 3.51. The number of hydrogen-bond donors (Lipinski definition) is 2. The molecule has 0 fully saturated rings. The summed E-state index contributed by atoms with van der Waals surface area (Å²) < 4.78 is 0. The lowest BCUT2D eigenvalue weighted by Gasteiger charge is -2.02. The molecule has 1 aromatic carbocycles. The summed E-state index contributed by atoms with van der Waals surface area (Å²) in [5.41, 5.74) is 6.80. The lowest BCUT2D eigenvalue weighted by Crippen LogP contribution is -2.19. The maximum Gasteiger partial charge on any atom is 0.271 e. The molecular formula is C20H16N6O2. The Bertz CT molecular complexity index is 904. The van der Waals surface area contributed by atoms with Gasteiger partial charge in [0, 0.05) is 23.5 Å². The maximum atomic E-state index is 12.1. The van der Waals surface area contributed by atoms with Gasteiger partial charge in [0.05, 0.1) is 23.8 Å². The van der Waals surface area contributed by atoms with Crippen LogP contribution in [0.5, 0.6) is 0 Å². The first kappa shape index (κ1) is 18.6. The summed E-state index contributed by atoms with van der Waals surface area (Å²) >= 11 is 0. The van der Waals surface area contributed by atoms with E-state index in [9.17, 15) is 9.59 Å². The fourth-order valence-electron chi connectivity index (χ4n) is 2.12. The van der Waals surface area contributed by atoms with E-state index in [1.54, 1.807) is 36.7 Å². The Morgan fingerprint density at radius 1 is 0.679 bits per heavy atom. The van der Waals surface area contributed by atoms with Crippen molar-refractivity contribution in [1.29, 1.82) is 0 Å². The molecule has 3 aromatic rings. The SMILES string of the molecule is O=C(NN=Cc1ccccn1)c1ccc(C(=O)NN=Cc2ccccn2)cc1. The Balaban J connectivity index is 1.53. The van der Waals surface area contributed by atoms with Crippen LogP contribution < -0.4 is 10.9 Å². The van der Waals surface area contributed by atoms with Gasteiger partial charge in [-0.25, -0.2) is 10.9 Å². The average Bonchev–Trinajstić information content (AvgIpc) is 2.75. The zero-order valence-electron chi connectivity index (χ0n) is 14.7. The first-order chi connectivity index (χ1) is 13.7. The van der Waals surface area contributed by atoms with Crippen molar-refractivity contribution in [2.45, 2.75) is 0 Å². The highest BCUT2D eigenvalue weighted by molar-refractivity contribution is 5.98. The number of carbonyl (C=O) groups is 2. The van der Waals surface area contributed by atoms with Crippen LogP contribution in [0.2, 0.25) is 0 Å². The Hall–Kier alpha value is -4.20. The first-order valence-electron chi connectivity index (χ1n) is 8.31. The minimum absolute atomic E-state index is 0.367. The smallest absolute Gasteiger partial charge is 0.267 e. The Labute approximate surface area is 161 Å². The second kappa shape index (κ2) is 9.48. The quantitative estimate of drug-likeness (QED) is 0.509. The molecule has 0 atom stereocenters. The number of rotatable bonds is 6. The van der Waals surface area contributed by atoms with Gasteiger partial charge in [-0.15, -0.1) is 0 Å². The summed E-state index contributed by atoms with van der Waals surface area (Å²) in [7, 11) is 0. The number of nitrogens with one attached hydrogen (secondary N) is 2. The zero-order valence-corrected chi connectivity index (χ0v) is 14.7. The highest BCUT2D eigenvalue weighted by Gasteiger charge is 2.08. The molecule has 0 radical (unpaired) electrons. The molecule has 8 nitrogen and oxygen atoms in total. The molecule has 2 heterocycles. The van der Waals surface area contributed by atoms with E-state index >= 15 is 0 Å². The second-order valence-corrected chi connectivity index (χ2v) is 5.48. The minimum atomic E-state index is -0.396. The number of pyridine rings is 2. The van der Waals surface area contributed by atoms with Gasteiger partial charge in [0.15, 0.2) is 0 Å². The maximum absolute atomic E-state index is 12.1. The molecule has 2 amide bonds. The van der Waals surface area contributed by atoms with E-state index in [1.807, 2.05) is 12.1 Å². The molecule has 28 heavy (non-hydrogen) atoms. The molecule has 2 aromatic heterocycles. The number of hydrazone groups is 2. The van der Waals surface area contributed by atoms with E-state index in [-0.39, 0.29) is 0 Å². The lowest BCUT2D eigenvalue weighted by molar-refractivity contribution is 0.0943. The number of hydrogen-bond acceptors (Lipinski definition) is 6. The summed E-state index contributed by atoms with van der Waals surface area (Å²) in [5, 5.41) is 7.71. The van der Waals surface area contributed by atoms with Gasteiger partial charge in [0.2, 0.25) is 0 Å². The lowest BCUT2D eigenvalue weighted by atomic mass is 10.1. The standard InChI is InChI=1S/C20H16N6O2/c27-19(25-23-13-17-5-1-3-11-21-17)15-7-9-16(10-8-15)20(28)26-24-14-18-6-2-4-12-22-18/h1-14H,(H,25,27)(H,26,28). The molecule has 0 aliphatic carbocycles. The van der Waals surface area contributed by atoms with Crippen molar-refractivity contribution < 1.29 is 9.59 Å². The number of carbonyl (C=O) groups excluding carboxylic acids is 2. The van der Waals surface area contributed by atoms with Crippen LogP contribution in [0.4, 0.5) is 0 Å². The van der Waals surface area contributed by atoms with Crippen molar-refractivity contribution in [3.05, 3.63) is 95.6 Å². The van der Waals surface area contributed by atoms with Crippen molar-refractivity contribution in [3.8, 4) is 0 Å². The topological polar surface area (TPSA) is 109 Å². The molecule has 0 bridgehead atoms. The second-order valence-electron chi connectivity index (χ2n) is 5.48. The van der Waals surface area contributed by atoms with Crippen molar-refractivity contribution in [1.82, 2.24) is 20.8 Å². The van der Waals surface area contributed by atoms with E-state index < -0.39 is 11.8 Å². The summed E-state index contributed by atoms with van der Waals surface area (Å²) in [4.78, 5) is 32.3. The molecule has 138 valence electrons. The van der Waals surface area contributed by atoms with Crippen LogP contribution in [0.3, 0.4) is 0 Å². The molecule has 3 rings (SSSR count). The van der Waals surface area contributed by atoms with Crippen molar-refractivity contribution >= 4 is 24.2 Å². The normalized spacial score (nSPS) is 10.9. The third kappa shape index (κ3) is 5.40. The Morgan fingerprint density at radius 2 is 1.11 bits per heavy atom. The Kier molecular flexibility index (Phi) is 6.30. The number of aromatic nitrogens is 2. The van der Waals surface area contributed by atoms with E-state index in [1.165, 1.54) is 36.7 Å². The highest BCUT2D eigenvalue weighted by Crippen LogP contribution is 2.04. The van der Waals surface area contributed by atoms with E-state index in [2.05, 4.69) is 31.0 Å². The number of amides is 2. The van der Waals surface area contributed by atoms with Crippen molar-refractivity contribution in [2.24, 2.45) is 10.2 Å². The first-order valence-corrected chi connectivity index (χ1v) is 8.31. The van der Waals surface area contributed by atoms with E-state index in [0.717, 1.165) is 0 Å².